The predicted octanol–water partition coefficient (Wildman–Crippen LogP) is 1.64. The van der Waals surface area contributed by atoms with Crippen LogP contribution in [0.15, 0.2) is 24.3 Å². The van der Waals surface area contributed by atoms with Crippen LogP contribution in [-0.2, 0) is 9.53 Å². The maximum atomic E-state index is 12.8. The first kappa shape index (κ1) is 18.0. The topological polar surface area (TPSA) is 51.2 Å². The van der Waals surface area contributed by atoms with Crippen LogP contribution in [0.2, 0.25) is 0 Å². The van der Waals surface area contributed by atoms with Crippen LogP contribution in [0.1, 0.15) is 13.3 Å². The van der Waals surface area contributed by atoms with Crippen LogP contribution in [0.25, 0.3) is 0 Å². The fraction of sp³-hybridized carbons (Fsp3) is 0.632. The Bertz CT molecular complexity index is 595. The molecule has 0 bridgehead atoms. The molecule has 0 radical (unpaired) electrons. The van der Waals surface area contributed by atoms with E-state index in [0.29, 0.717) is 17.4 Å². The van der Waals surface area contributed by atoms with Crippen molar-refractivity contribution in [2.75, 3.05) is 47.0 Å². The molecular formula is C19H28N2O4. The van der Waals surface area contributed by atoms with Crippen molar-refractivity contribution in [1.29, 1.82) is 0 Å². The summed E-state index contributed by atoms with van der Waals surface area (Å²) in [6.07, 6.45) is 1.12. The first-order chi connectivity index (χ1) is 12.2. The van der Waals surface area contributed by atoms with Gasteiger partial charge in [-0.2, -0.15) is 0 Å². The monoisotopic (exact) mass is 348 g/mol. The lowest BCUT2D eigenvalue weighted by Crippen LogP contribution is -2.54. The largest absolute Gasteiger partial charge is 0.493 e. The number of benzene rings is 1. The highest BCUT2D eigenvalue weighted by Crippen LogP contribution is 2.33. The molecule has 1 aromatic rings. The lowest BCUT2D eigenvalue weighted by atomic mass is 9.89. The van der Waals surface area contributed by atoms with Crippen LogP contribution in [-0.4, -0.2) is 74.9 Å². The lowest BCUT2D eigenvalue weighted by molar-refractivity contribution is -0.141. The van der Waals surface area contributed by atoms with E-state index >= 15 is 0 Å². The van der Waals surface area contributed by atoms with Crippen molar-refractivity contribution in [3.05, 3.63) is 24.3 Å². The Morgan fingerprint density at radius 1 is 1.20 bits per heavy atom. The number of ether oxygens (including phenoxy) is 3. The van der Waals surface area contributed by atoms with Crippen LogP contribution in [0, 0.1) is 5.92 Å². The zero-order chi connectivity index (χ0) is 17.8. The second-order valence-corrected chi connectivity index (χ2v) is 6.67. The normalized spacial score (nSPS) is 26.4. The van der Waals surface area contributed by atoms with Gasteiger partial charge in [0, 0.05) is 32.7 Å². The Labute approximate surface area is 149 Å². The predicted molar refractivity (Wildman–Crippen MR) is 95.0 cm³/mol. The van der Waals surface area contributed by atoms with Gasteiger partial charge in [0.25, 0.3) is 5.91 Å². The first-order valence-corrected chi connectivity index (χ1v) is 8.98. The molecule has 2 heterocycles. The highest BCUT2D eigenvalue weighted by Gasteiger charge is 2.45. The van der Waals surface area contributed by atoms with Gasteiger partial charge in [-0.3, -0.25) is 4.79 Å². The van der Waals surface area contributed by atoms with E-state index in [-0.39, 0.29) is 24.7 Å². The van der Waals surface area contributed by atoms with E-state index < -0.39 is 0 Å². The quantitative estimate of drug-likeness (QED) is 0.782. The minimum absolute atomic E-state index is 0.0351. The molecule has 138 valence electrons. The number of carbonyl (C=O) groups excluding carboxylic acids is 1. The summed E-state index contributed by atoms with van der Waals surface area (Å²) in [5.74, 6) is 1.66. The van der Waals surface area contributed by atoms with Gasteiger partial charge in [-0.1, -0.05) is 19.1 Å². The summed E-state index contributed by atoms with van der Waals surface area (Å²) in [7, 11) is 3.38. The number of amides is 1. The van der Waals surface area contributed by atoms with E-state index in [0.717, 1.165) is 32.6 Å². The number of nitrogens with zero attached hydrogens (tertiary/aromatic N) is 2. The summed E-state index contributed by atoms with van der Waals surface area (Å²) in [5.41, 5.74) is 0. The molecule has 2 aliphatic rings. The minimum atomic E-state index is 0.0351. The zero-order valence-electron chi connectivity index (χ0n) is 15.3. The van der Waals surface area contributed by atoms with Crippen LogP contribution >= 0.6 is 0 Å². The molecule has 0 N–H and O–H groups in total. The minimum Gasteiger partial charge on any atom is -0.493 e. The molecule has 2 saturated heterocycles. The number of likely N-dealkylation sites (N-methyl/N-ethyl adjacent to an activating group) is 1. The molecule has 0 aliphatic carbocycles. The number of para-hydroxylation sites is 2. The molecule has 1 aromatic carbocycles. The Morgan fingerprint density at radius 3 is 2.64 bits per heavy atom. The molecule has 0 saturated carbocycles. The average Bonchev–Trinajstić information content (AvgIpc) is 3.09. The van der Waals surface area contributed by atoms with E-state index in [4.69, 9.17) is 14.2 Å². The highest BCUT2D eigenvalue weighted by atomic mass is 16.5. The fourth-order valence-electron chi connectivity index (χ4n) is 4.06. The molecule has 2 aliphatic heterocycles. The lowest BCUT2D eigenvalue weighted by Gasteiger charge is -2.41. The highest BCUT2D eigenvalue weighted by molar-refractivity contribution is 5.78. The van der Waals surface area contributed by atoms with Gasteiger partial charge in [-0.05, 0) is 25.1 Å². The third-order valence-corrected chi connectivity index (χ3v) is 5.43. The summed E-state index contributed by atoms with van der Waals surface area (Å²) in [6, 6.07) is 7.62. The van der Waals surface area contributed by atoms with Crippen LogP contribution < -0.4 is 9.47 Å². The van der Waals surface area contributed by atoms with Gasteiger partial charge in [0.2, 0.25) is 0 Å². The molecule has 6 nitrogen and oxygen atoms in total. The standard InChI is InChI=1S/C19H28N2O4/c1-4-20-11-14-15(12-20)21(10-9-16(14)23-2)19(22)13-25-18-8-6-5-7-17(18)24-3/h5-8,14-16H,4,9-13H2,1-3H3/t14-,15+,16-/m1/s1. The SMILES string of the molecule is CCN1C[C@H]2[C@H](OC)CCN(C(=O)COc3ccccc3OC)[C@H]2C1. The summed E-state index contributed by atoms with van der Waals surface area (Å²) >= 11 is 0. The molecule has 0 aromatic heterocycles. The number of methoxy groups -OCH3 is 2. The van der Waals surface area contributed by atoms with E-state index in [2.05, 4.69) is 11.8 Å². The summed E-state index contributed by atoms with van der Waals surface area (Å²) < 4.78 is 16.7. The fourth-order valence-corrected chi connectivity index (χ4v) is 4.06. The molecule has 3 atom stereocenters. The maximum absolute atomic E-state index is 12.8. The van der Waals surface area contributed by atoms with Gasteiger partial charge in [0.05, 0.1) is 19.3 Å². The third kappa shape index (κ3) is 3.75. The molecule has 3 rings (SSSR count). The van der Waals surface area contributed by atoms with Crippen molar-refractivity contribution >= 4 is 5.91 Å². The summed E-state index contributed by atoms with van der Waals surface area (Å²) in [4.78, 5) is 17.2. The van der Waals surface area contributed by atoms with Crippen LogP contribution in [0.3, 0.4) is 0 Å². The smallest absolute Gasteiger partial charge is 0.260 e. The third-order valence-electron chi connectivity index (χ3n) is 5.43. The number of hydrogen-bond acceptors (Lipinski definition) is 5. The summed E-state index contributed by atoms with van der Waals surface area (Å²) in [6.45, 7) is 5.84. The molecule has 25 heavy (non-hydrogen) atoms. The molecule has 2 fully saturated rings. The second-order valence-electron chi connectivity index (χ2n) is 6.67. The average molecular weight is 348 g/mol. The molecular weight excluding hydrogens is 320 g/mol. The van der Waals surface area contributed by atoms with Crippen molar-refractivity contribution in [3.63, 3.8) is 0 Å². The van der Waals surface area contributed by atoms with Gasteiger partial charge < -0.3 is 24.0 Å². The first-order valence-electron chi connectivity index (χ1n) is 8.98. The van der Waals surface area contributed by atoms with Crippen molar-refractivity contribution in [2.24, 2.45) is 5.92 Å². The number of piperidine rings is 1. The van der Waals surface area contributed by atoms with Gasteiger partial charge in [0.15, 0.2) is 18.1 Å². The number of hydrogen-bond donors (Lipinski definition) is 0. The summed E-state index contributed by atoms with van der Waals surface area (Å²) in [5, 5.41) is 0. The zero-order valence-corrected chi connectivity index (χ0v) is 15.3. The molecule has 1 amide bonds. The second kappa shape index (κ2) is 8.06. The number of fused-ring (bicyclic) bond motifs is 1. The maximum Gasteiger partial charge on any atom is 0.260 e. The Balaban J connectivity index is 1.65. The van der Waals surface area contributed by atoms with Crippen LogP contribution in [0.5, 0.6) is 11.5 Å². The van der Waals surface area contributed by atoms with Crippen molar-refractivity contribution in [2.45, 2.75) is 25.5 Å². The van der Waals surface area contributed by atoms with Gasteiger partial charge in [-0.25, -0.2) is 0 Å². The molecule has 0 unspecified atom stereocenters. The molecule has 0 spiro atoms. The Morgan fingerprint density at radius 2 is 1.96 bits per heavy atom. The van der Waals surface area contributed by atoms with Crippen LogP contribution in [0.4, 0.5) is 0 Å². The van der Waals surface area contributed by atoms with Crippen molar-refractivity contribution in [3.8, 4) is 11.5 Å². The van der Waals surface area contributed by atoms with Crippen molar-refractivity contribution < 1.29 is 19.0 Å². The van der Waals surface area contributed by atoms with Gasteiger partial charge in [0.1, 0.15) is 0 Å². The number of likely N-dealkylation sites (tertiary alicyclic amines) is 2. The van der Waals surface area contributed by atoms with Crippen molar-refractivity contribution in [1.82, 2.24) is 9.80 Å². The molecule has 6 heteroatoms. The number of carbonyl (C=O) groups is 1. The Kier molecular flexibility index (Phi) is 5.81. The van der Waals surface area contributed by atoms with Gasteiger partial charge in [-0.15, -0.1) is 0 Å². The van der Waals surface area contributed by atoms with Gasteiger partial charge >= 0.3 is 0 Å². The number of rotatable bonds is 6. The van der Waals surface area contributed by atoms with E-state index in [9.17, 15) is 4.79 Å². The van der Waals surface area contributed by atoms with E-state index in [1.165, 1.54) is 0 Å². The Hall–Kier alpha value is -1.79. The van der Waals surface area contributed by atoms with E-state index in [1.807, 2.05) is 29.2 Å². The van der Waals surface area contributed by atoms with E-state index in [1.54, 1.807) is 14.2 Å².